The number of ether oxygens (including phenoxy) is 1. The average Bonchev–Trinajstić information content (AvgIpc) is 3.96. The highest BCUT2D eigenvalue weighted by molar-refractivity contribution is 6.08. The van der Waals surface area contributed by atoms with Crippen LogP contribution in [0.25, 0.3) is 5.65 Å². The molecule has 0 spiro atoms. The van der Waals surface area contributed by atoms with Crippen LogP contribution in [0.4, 0.5) is 26.0 Å². The molecule has 17 nitrogen and oxygen atoms in total. The minimum Gasteiger partial charge on any atom is -0.372 e. The Kier molecular flexibility index (Phi) is 10.9. The molecule has 0 radical (unpaired) electrons. The number of aromatic nitrogens is 5. The lowest BCUT2D eigenvalue weighted by molar-refractivity contribution is -0.137. The highest BCUT2D eigenvalue weighted by Gasteiger charge is 2.40. The first-order chi connectivity index (χ1) is 29.4. The first-order valence-corrected chi connectivity index (χ1v) is 21.1. The van der Waals surface area contributed by atoms with E-state index in [0.717, 1.165) is 24.1 Å². The van der Waals surface area contributed by atoms with E-state index in [0.29, 0.717) is 81.9 Å². The summed E-state index contributed by atoms with van der Waals surface area (Å²) in [5, 5.41) is 16.7. The maximum Gasteiger partial charge on any atom is 0.284 e. The summed E-state index contributed by atoms with van der Waals surface area (Å²) >= 11 is 0. The maximum absolute atomic E-state index is 14.3. The number of halogens is 2. The van der Waals surface area contributed by atoms with Crippen molar-refractivity contribution in [1.82, 2.24) is 39.9 Å². The highest BCUT2D eigenvalue weighted by atomic mass is 19.3. The molecule has 1 aromatic carbocycles. The Balaban J connectivity index is 0.770. The van der Waals surface area contributed by atoms with Crippen LogP contribution in [-0.4, -0.2) is 109 Å². The molecule has 4 aromatic rings. The number of rotatable bonds is 9. The molecule has 61 heavy (non-hydrogen) atoms. The number of nitrogens with one attached hydrogen (secondary N) is 3. The van der Waals surface area contributed by atoms with Crippen molar-refractivity contribution < 1.29 is 37.5 Å². The number of fused-ring (bicyclic) bond motifs is 2. The van der Waals surface area contributed by atoms with E-state index in [2.05, 4.69) is 35.9 Å². The SMILES string of the molecule is C[C@@H]1CN(c2ccn3ncc(C(=O)Nc4cn(C5CCC(C(=O)NC6CCN(c7ccc8c(c7)CN(C7CCC(=O)NC7=O)C8=O)CC6)CC5)nc4C(F)F)c3n2)C[C@H](C)O1. The van der Waals surface area contributed by atoms with Crippen molar-refractivity contribution in [1.29, 1.82) is 0 Å². The molecule has 322 valence electrons. The number of imide groups is 1. The standard InChI is InChI=1S/C42H49F2N11O6/c1-23-19-52(20-24(2)61-23)34-13-16-54-38(48-34)31(18-45-54)40(58)47-32-22-55(50-36(32)37(43)44)28-5-3-25(4-6-28)39(57)46-27-11-14-51(15-12-27)29-7-8-30-26(17-29)21-53(42(30)60)33-9-10-35(56)49-41(33)59/h7-8,13,16-18,22-25,27-28,33,37H,3-6,9-12,14-15,19-21H2,1-2H3,(H,46,57)(H,47,58)(H,49,56,59)/t23-,24+,25?,28?,33?. The summed E-state index contributed by atoms with van der Waals surface area (Å²) in [4.78, 5) is 74.8. The van der Waals surface area contributed by atoms with Crippen LogP contribution in [0, 0.1) is 5.92 Å². The highest BCUT2D eigenvalue weighted by Crippen LogP contribution is 2.36. The minimum atomic E-state index is -2.92. The van der Waals surface area contributed by atoms with Gasteiger partial charge >= 0.3 is 0 Å². The predicted octanol–water partition coefficient (Wildman–Crippen LogP) is 4.01. The second-order valence-corrected chi connectivity index (χ2v) is 17.0. The number of benzene rings is 1. The molecule has 19 heteroatoms. The van der Waals surface area contributed by atoms with Crippen LogP contribution in [-0.2, 0) is 25.7 Å². The van der Waals surface area contributed by atoms with Crippen LogP contribution in [0.3, 0.4) is 0 Å². The van der Waals surface area contributed by atoms with E-state index < -0.39 is 30.0 Å². The summed E-state index contributed by atoms with van der Waals surface area (Å²) in [6, 6.07) is 6.68. The molecule has 5 aliphatic rings. The molecule has 1 unspecified atom stereocenters. The van der Waals surface area contributed by atoms with Gasteiger partial charge in [-0.25, -0.2) is 18.3 Å². The number of hydrogen-bond acceptors (Lipinski definition) is 11. The second kappa shape index (κ2) is 16.5. The lowest BCUT2D eigenvalue weighted by Crippen LogP contribution is -2.52. The molecule has 3 atom stereocenters. The van der Waals surface area contributed by atoms with Crippen LogP contribution in [0.2, 0.25) is 0 Å². The van der Waals surface area contributed by atoms with Gasteiger partial charge in [-0.1, -0.05) is 0 Å². The monoisotopic (exact) mass is 841 g/mol. The lowest BCUT2D eigenvalue weighted by Gasteiger charge is -2.36. The van der Waals surface area contributed by atoms with Gasteiger partial charge in [0.2, 0.25) is 17.7 Å². The van der Waals surface area contributed by atoms with Gasteiger partial charge in [0, 0.05) is 74.7 Å². The fourth-order valence-corrected chi connectivity index (χ4v) is 9.56. The normalized spacial score (nSPS) is 25.0. The average molecular weight is 842 g/mol. The van der Waals surface area contributed by atoms with E-state index >= 15 is 0 Å². The smallest absolute Gasteiger partial charge is 0.284 e. The van der Waals surface area contributed by atoms with Crippen molar-refractivity contribution in [3.63, 3.8) is 0 Å². The van der Waals surface area contributed by atoms with Crippen LogP contribution in [0.1, 0.15) is 110 Å². The second-order valence-electron chi connectivity index (χ2n) is 17.0. The predicted molar refractivity (Wildman–Crippen MR) is 217 cm³/mol. The Bertz CT molecular complexity index is 2360. The third kappa shape index (κ3) is 8.14. The van der Waals surface area contributed by atoms with Crippen LogP contribution in [0.5, 0.6) is 0 Å². The van der Waals surface area contributed by atoms with E-state index in [1.54, 1.807) is 17.2 Å². The van der Waals surface area contributed by atoms with Crippen molar-refractivity contribution in [2.24, 2.45) is 5.92 Å². The van der Waals surface area contributed by atoms with Crippen molar-refractivity contribution >= 4 is 52.4 Å². The molecular weight excluding hydrogens is 793 g/mol. The number of amides is 5. The number of piperidine rings is 2. The van der Waals surface area contributed by atoms with E-state index in [-0.39, 0.29) is 65.6 Å². The van der Waals surface area contributed by atoms with Gasteiger partial charge in [-0.15, -0.1) is 0 Å². The van der Waals surface area contributed by atoms with Gasteiger partial charge in [0.25, 0.3) is 18.2 Å². The number of carbonyl (C=O) groups excluding carboxylic acids is 5. The summed E-state index contributed by atoms with van der Waals surface area (Å²) in [6.45, 7) is 6.99. The number of morpholine rings is 1. The number of alkyl halides is 2. The summed E-state index contributed by atoms with van der Waals surface area (Å²) in [5.74, 6) is -1.14. The Morgan fingerprint density at radius 3 is 2.43 bits per heavy atom. The van der Waals surface area contributed by atoms with Crippen molar-refractivity contribution in [3.05, 3.63) is 65.2 Å². The van der Waals surface area contributed by atoms with Crippen LogP contribution < -0.4 is 25.8 Å². The van der Waals surface area contributed by atoms with E-state index in [4.69, 9.17) is 9.72 Å². The zero-order chi connectivity index (χ0) is 42.5. The number of carbonyl (C=O) groups is 5. The van der Waals surface area contributed by atoms with E-state index in [1.165, 1.54) is 21.6 Å². The van der Waals surface area contributed by atoms with Crippen LogP contribution >= 0.6 is 0 Å². The Hall–Kier alpha value is -5.98. The topological polar surface area (TPSA) is 188 Å². The Morgan fingerprint density at radius 2 is 1.70 bits per heavy atom. The zero-order valence-electron chi connectivity index (χ0n) is 34.1. The number of nitrogens with zero attached hydrogens (tertiary/aromatic N) is 8. The third-order valence-electron chi connectivity index (χ3n) is 12.7. The fourth-order valence-electron chi connectivity index (χ4n) is 9.56. The largest absolute Gasteiger partial charge is 0.372 e. The van der Waals surface area contributed by atoms with Gasteiger partial charge in [0.1, 0.15) is 17.4 Å². The van der Waals surface area contributed by atoms with Gasteiger partial charge in [0.15, 0.2) is 11.3 Å². The van der Waals surface area contributed by atoms with Gasteiger partial charge in [-0.05, 0) is 88.6 Å². The van der Waals surface area contributed by atoms with Crippen molar-refractivity contribution in [2.75, 3.05) is 41.3 Å². The Labute approximate surface area is 350 Å². The molecule has 5 amide bonds. The Morgan fingerprint density at radius 1 is 0.951 bits per heavy atom. The molecular formula is C42H49F2N11O6. The molecule has 4 fully saturated rings. The molecule has 3 aromatic heterocycles. The number of hydrogen-bond donors (Lipinski definition) is 3. The fraction of sp³-hybridized carbons (Fsp3) is 0.524. The minimum absolute atomic E-state index is 0.00557. The van der Waals surface area contributed by atoms with Crippen molar-refractivity contribution in [2.45, 2.75) is 109 Å². The molecule has 4 aliphatic heterocycles. The maximum atomic E-state index is 14.3. The first kappa shape index (κ1) is 40.4. The van der Waals surface area contributed by atoms with E-state index in [1.807, 2.05) is 32.0 Å². The summed E-state index contributed by atoms with van der Waals surface area (Å²) in [7, 11) is 0. The molecule has 3 saturated heterocycles. The summed E-state index contributed by atoms with van der Waals surface area (Å²) in [5.41, 5.74) is 2.23. The van der Waals surface area contributed by atoms with Gasteiger partial charge in [-0.2, -0.15) is 10.2 Å². The molecule has 3 N–H and O–H groups in total. The van der Waals surface area contributed by atoms with Gasteiger partial charge in [0.05, 0.1) is 30.1 Å². The van der Waals surface area contributed by atoms with E-state index in [9.17, 15) is 32.8 Å². The van der Waals surface area contributed by atoms with Crippen LogP contribution in [0.15, 0.2) is 42.9 Å². The zero-order valence-corrected chi connectivity index (χ0v) is 34.1. The number of anilines is 3. The summed E-state index contributed by atoms with van der Waals surface area (Å²) in [6.07, 6.45) is 5.90. The molecule has 1 aliphatic carbocycles. The van der Waals surface area contributed by atoms with Gasteiger partial charge in [-0.3, -0.25) is 34.0 Å². The third-order valence-corrected chi connectivity index (χ3v) is 12.7. The lowest BCUT2D eigenvalue weighted by atomic mass is 9.85. The quantitative estimate of drug-likeness (QED) is 0.207. The molecule has 9 rings (SSSR count). The first-order valence-electron chi connectivity index (χ1n) is 21.1. The molecule has 1 saturated carbocycles. The molecule has 7 heterocycles. The summed E-state index contributed by atoms with van der Waals surface area (Å²) < 4.78 is 37.4. The van der Waals surface area contributed by atoms with Crippen molar-refractivity contribution in [3.8, 4) is 0 Å². The van der Waals surface area contributed by atoms with Gasteiger partial charge < -0.3 is 30.1 Å². The molecule has 0 bridgehead atoms.